The number of methoxy groups -OCH3 is 1. The molecule has 0 aliphatic heterocycles. The van der Waals surface area contributed by atoms with Crippen molar-refractivity contribution in [3.05, 3.63) is 0 Å². The van der Waals surface area contributed by atoms with Crippen LogP contribution in [0.15, 0.2) is 0 Å². The number of esters is 1. The lowest BCUT2D eigenvalue weighted by Crippen LogP contribution is -2.32. The summed E-state index contributed by atoms with van der Waals surface area (Å²) in [6, 6.07) is 0. The molecule has 0 spiro atoms. The average Bonchev–Trinajstić information content (AvgIpc) is 2.11. The van der Waals surface area contributed by atoms with Crippen molar-refractivity contribution in [2.24, 2.45) is 0 Å². The molecule has 0 fully saturated rings. The quantitative estimate of drug-likeness (QED) is 0.609. The molecular weight excluding hydrogens is 170 g/mol. The third kappa shape index (κ3) is 6.54. The van der Waals surface area contributed by atoms with E-state index in [4.69, 9.17) is 5.11 Å². The van der Waals surface area contributed by atoms with Crippen molar-refractivity contribution in [1.82, 2.24) is 4.90 Å². The van der Waals surface area contributed by atoms with E-state index < -0.39 is 0 Å². The highest BCUT2D eigenvalue weighted by atomic mass is 16.5. The van der Waals surface area contributed by atoms with Crippen molar-refractivity contribution in [2.45, 2.75) is 26.4 Å². The van der Waals surface area contributed by atoms with Crippen molar-refractivity contribution < 1.29 is 14.6 Å². The highest BCUT2D eigenvalue weighted by molar-refractivity contribution is 5.71. The maximum atomic E-state index is 10.9. The summed E-state index contributed by atoms with van der Waals surface area (Å²) in [5, 5.41) is 9.05. The largest absolute Gasteiger partial charge is 0.468 e. The standard InChI is InChI=1S/C9H19NO3/c1-4-10(6-5-8(2)11)7-9(12)13-3/h8,11H,4-7H2,1-3H3. The number of aliphatic hydroxyl groups is 1. The minimum absolute atomic E-state index is 0.229. The molecule has 4 heteroatoms. The minimum Gasteiger partial charge on any atom is -0.468 e. The van der Waals surface area contributed by atoms with E-state index in [1.807, 2.05) is 11.8 Å². The molecule has 0 rings (SSSR count). The molecular formula is C9H19NO3. The maximum Gasteiger partial charge on any atom is 0.319 e. The lowest BCUT2D eigenvalue weighted by Gasteiger charge is -2.19. The van der Waals surface area contributed by atoms with Gasteiger partial charge in [0.1, 0.15) is 0 Å². The SMILES string of the molecule is CCN(CCC(C)O)CC(=O)OC. The lowest BCUT2D eigenvalue weighted by atomic mass is 10.2. The zero-order chi connectivity index (χ0) is 10.3. The van der Waals surface area contributed by atoms with Crippen molar-refractivity contribution in [1.29, 1.82) is 0 Å². The van der Waals surface area contributed by atoms with Crippen molar-refractivity contribution in [2.75, 3.05) is 26.7 Å². The summed E-state index contributed by atoms with van der Waals surface area (Å²) in [4.78, 5) is 12.8. The molecule has 1 unspecified atom stereocenters. The van der Waals surface area contributed by atoms with Gasteiger partial charge in [-0.3, -0.25) is 9.69 Å². The highest BCUT2D eigenvalue weighted by Gasteiger charge is 2.09. The van der Waals surface area contributed by atoms with Crippen molar-refractivity contribution in [3.63, 3.8) is 0 Å². The number of rotatable bonds is 6. The van der Waals surface area contributed by atoms with Gasteiger partial charge < -0.3 is 9.84 Å². The Bertz CT molecular complexity index is 148. The van der Waals surface area contributed by atoms with Crippen LogP contribution < -0.4 is 0 Å². The number of carbonyl (C=O) groups excluding carboxylic acids is 1. The fraction of sp³-hybridized carbons (Fsp3) is 0.889. The summed E-state index contributed by atoms with van der Waals surface area (Å²) in [7, 11) is 1.38. The van der Waals surface area contributed by atoms with Gasteiger partial charge in [0.2, 0.25) is 0 Å². The molecule has 0 aliphatic rings. The first-order valence-corrected chi connectivity index (χ1v) is 4.57. The highest BCUT2D eigenvalue weighted by Crippen LogP contribution is 1.95. The molecule has 0 aromatic carbocycles. The lowest BCUT2D eigenvalue weighted by molar-refractivity contribution is -0.141. The van der Waals surface area contributed by atoms with Crippen LogP contribution >= 0.6 is 0 Å². The smallest absolute Gasteiger partial charge is 0.319 e. The van der Waals surface area contributed by atoms with Gasteiger partial charge >= 0.3 is 5.97 Å². The van der Waals surface area contributed by atoms with E-state index in [0.717, 1.165) is 13.1 Å². The van der Waals surface area contributed by atoms with Gasteiger partial charge in [-0.1, -0.05) is 6.92 Å². The van der Waals surface area contributed by atoms with Gasteiger partial charge in [0.05, 0.1) is 19.8 Å². The third-order valence-electron chi connectivity index (χ3n) is 1.89. The maximum absolute atomic E-state index is 10.9. The molecule has 0 aromatic heterocycles. The summed E-state index contributed by atoms with van der Waals surface area (Å²) in [5.74, 6) is -0.229. The van der Waals surface area contributed by atoms with E-state index in [1.165, 1.54) is 7.11 Å². The zero-order valence-corrected chi connectivity index (χ0v) is 8.62. The fourth-order valence-corrected chi connectivity index (χ4v) is 0.966. The number of nitrogens with zero attached hydrogens (tertiary/aromatic N) is 1. The van der Waals surface area contributed by atoms with Crippen LogP contribution in [0.5, 0.6) is 0 Å². The minimum atomic E-state index is -0.313. The van der Waals surface area contributed by atoms with Crippen LogP contribution in [0.2, 0.25) is 0 Å². The Morgan fingerprint density at radius 1 is 1.62 bits per heavy atom. The van der Waals surface area contributed by atoms with Gasteiger partial charge in [0.25, 0.3) is 0 Å². The van der Waals surface area contributed by atoms with Crippen LogP contribution in [-0.2, 0) is 9.53 Å². The predicted octanol–water partition coefficient (Wildman–Crippen LogP) is 0.252. The van der Waals surface area contributed by atoms with Crippen LogP contribution in [0.3, 0.4) is 0 Å². The van der Waals surface area contributed by atoms with Crippen molar-refractivity contribution >= 4 is 5.97 Å². The van der Waals surface area contributed by atoms with Crippen LogP contribution in [0, 0.1) is 0 Å². The molecule has 0 aromatic rings. The summed E-state index contributed by atoms with van der Waals surface area (Å²) in [5.41, 5.74) is 0. The van der Waals surface area contributed by atoms with E-state index in [-0.39, 0.29) is 12.1 Å². The van der Waals surface area contributed by atoms with Crippen molar-refractivity contribution in [3.8, 4) is 0 Å². The molecule has 0 radical (unpaired) electrons. The van der Waals surface area contributed by atoms with E-state index in [1.54, 1.807) is 6.92 Å². The number of ether oxygens (including phenoxy) is 1. The molecule has 78 valence electrons. The Kier molecular flexibility index (Phi) is 6.54. The number of likely N-dealkylation sites (N-methyl/N-ethyl adjacent to an activating group) is 1. The topological polar surface area (TPSA) is 49.8 Å². The molecule has 4 nitrogen and oxygen atoms in total. The van der Waals surface area contributed by atoms with E-state index >= 15 is 0 Å². The van der Waals surface area contributed by atoms with Gasteiger partial charge in [-0.25, -0.2) is 0 Å². The van der Waals surface area contributed by atoms with E-state index in [0.29, 0.717) is 13.0 Å². The van der Waals surface area contributed by atoms with Crippen LogP contribution in [0.25, 0.3) is 0 Å². The summed E-state index contributed by atoms with van der Waals surface area (Å²) >= 11 is 0. The average molecular weight is 189 g/mol. The Labute approximate surface area is 79.5 Å². The van der Waals surface area contributed by atoms with Gasteiger partial charge in [0.15, 0.2) is 0 Å². The summed E-state index contributed by atoms with van der Waals surface area (Å²) in [6.45, 7) is 5.54. The molecule has 0 heterocycles. The normalized spacial score (nSPS) is 13.0. The first-order valence-electron chi connectivity index (χ1n) is 4.57. The second-order valence-electron chi connectivity index (χ2n) is 3.08. The fourth-order valence-electron chi connectivity index (χ4n) is 0.966. The number of carbonyl (C=O) groups is 1. The van der Waals surface area contributed by atoms with Gasteiger partial charge in [-0.15, -0.1) is 0 Å². The molecule has 1 atom stereocenters. The Morgan fingerprint density at radius 3 is 2.62 bits per heavy atom. The number of aliphatic hydroxyl groups excluding tert-OH is 1. The summed E-state index contributed by atoms with van der Waals surface area (Å²) < 4.78 is 4.55. The second-order valence-corrected chi connectivity index (χ2v) is 3.08. The molecule has 0 bridgehead atoms. The third-order valence-corrected chi connectivity index (χ3v) is 1.89. The van der Waals surface area contributed by atoms with Gasteiger partial charge in [0, 0.05) is 6.54 Å². The molecule has 13 heavy (non-hydrogen) atoms. The Hall–Kier alpha value is -0.610. The Morgan fingerprint density at radius 2 is 2.23 bits per heavy atom. The monoisotopic (exact) mass is 189 g/mol. The first kappa shape index (κ1) is 12.4. The Balaban J connectivity index is 3.69. The predicted molar refractivity (Wildman–Crippen MR) is 50.4 cm³/mol. The van der Waals surface area contributed by atoms with E-state index in [2.05, 4.69) is 4.74 Å². The molecule has 0 amide bonds. The zero-order valence-electron chi connectivity index (χ0n) is 8.62. The molecule has 0 saturated heterocycles. The molecule has 1 N–H and O–H groups in total. The van der Waals surface area contributed by atoms with Gasteiger partial charge in [-0.2, -0.15) is 0 Å². The number of hydrogen-bond acceptors (Lipinski definition) is 4. The van der Waals surface area contributed by atoms with Crippen LogP contribution in [0.1, 0.15) is 20.3 Å². The second kappa shape index (κ2) is 6.86. The van der Waals surface area contributed by atoms with Crippen LogP contribution in [-0.4, -0.2) is 48.8 Å². The van der Waals surface area contributed by atoms with Crippen LogP contribution in [0.4, 0.5) is 0 Å². The molecule has 0 saturated carbocycles. The summed E-state index contributed by atoms with van der Waals surface area (Å²) in [6.07, 6.45) is 0.372. The van der Waals surface area contributed by atoms with Gasteiger partial charge in [-0.05, 0) is 19.9 Å². The molecule has 0 aliphatic carbocycles. The van der Waals surface area contributed by atoms with E-state index in [9.17, 15) is 4.79 Å². The first-order chi connectivity index (χ1) is 6.10. The number of hydrogen-bond donors (Lipinski definition) is 1.